The monoisotopic (exact) mass is 536 g/mol. The van der Waals surface area contributed by atoms with Crippen molar-refractivity contribution in [1.29, 1.82) is 0 Å². The number of hydrogen-bond acceptors (Lipinski definition) is 4. The van der Waals surface area contributed by atoms with Crippen molar-refractivity contribution in [1.82, 2.24) is 0 Å². The molecule has 0 bridgehead atoms. The van der Waals surface area contributed by atoms with Gasteiger partial charge >= 0.3 is 0 Å². The number of rotatable bonds is 5. The maximum atomic E-state index is 11.4. The van der Waals surface area contributed by atoms with E-state index >= 15 is 0 Å². The Kier molecular flexibility index (Phi) is 13.9. The average molecular weight is 537 g/mol. The van der Waals surface area contributed by atoms with Gasteiger partial charge in [-0.2, -0.15) is 0 Å². The highest BCUT2D eigenvalue weighted by Crippen LogP contribution is 2.25. The van der Waals surface area contributed by atoms with E-state index in [2.05, 4.69) is 125 Å². The molecule has 0 saturated heterocycles. The van der Waals surface area contributed by atoms with Gasteiger partial charge in [0.25, 0.3) is 0 Å². The van der Waals surface area contributed by atoms with Crippen molar-refractivity contribution < 1.29 is 19.4 Å². The van der Waals surface area contributed by atoms with Crippen LogP contribution in [0.15, 0.2) is 36.4 Å². The van der Waals surface area contributed by atoms with Gasteiger partial charge in [-0.05, 0) is 96.6 Å². The molecule has 0 aliphatic heterocycles. The summed E-state index contributed by atoms with van der Waals surface area (Å²) < 4.78 is 11.2. The maximum Gasteiger partial charge on any atom is 0.163 e. The number of ether oxygens (including phenoxy) is 2. The molecule has 2 aromatic carbocycles. The zero-order chi connectivity index (χ0) is 30.3. The number of aryl methyl sites for hydroxylation is 1. The minimum absolute atomic E-state index is 0.127. The first-order chi connectivity index (χ1) is 20.5. The molecule has 192 valence electrons. The molecule has 42 heavy (non-hydrogen) atoms. The van der Waals surface area contributed by atoms with E-state index in [0.29, 0.717) is 11.5 Å². The highest BCUT2D eigenvalue weighted by molar-refractivity contribution is 5.96. The molecule has 0 spiro atoms. The number of phenolic OH excluding ortho intramolecular Hbond substituents is 1. The third-order valence-corrected chi connectivity index (χ3v) is 4.28. The summed E-state index contributed by atoms with van der Waals surface area (Å²) in [5.41, 5.74) is 2.02. The summed E-state index contributed by atoms with van der Waals surface area (Å²) in [4.78, 5) is 11.4. The summed E-state index contributed by atoms with van der Waals surface area (Å²) >= 11 is 0. The fourth-order valence-electron chi connectivity index (χ4n) is 2.71. The van der Waals surface area contributed by atoms with Crippen molar-refractivity contribution in [3.63, 3.8) is 0 Å². The van der Waals surface area contributed by atoms with E-state index in [9.17, 15) is 9.90 Å². The number of aromatic hydroxyl groups is 1. The first-order valence-corrected chi connectivity index (χ1v) is 11.7. The zero-order valence-corrected chi connectivity index (χ0v) is 22.4. The number of terminal acetylenes is 1. The molecule has 2 aromatic rings. The number of phenols is 1. The van der Waals surface area contributed by atoms with Crippen molar-refractivity contribution in [2.45, 2.75) is 20.5 Å². The van der Waals surface area contributed by atoms with Gasteiger partial charge in [-0.3, -0.25) is 4.79 Å². The van der Waals surface area contributed by atoms with E-state index in [1.54, 1.807) is 12.1 Å². The fourth-order valence-corrected chi connectivity index (χ4v) is 2.71. The van der Waals surface area contributed by atoms with Crippen molar-refractivity contribution >= 4 is 5.78 Å². The molecular formula is C38H16O4. The molecule has 4 heteroatoms. The molecule has 0 aromatic heterocycles. The second-order valence-corrected chi connectivity index (χ2v) is 7.40. The van der Waals surface area contributed by atoms with E-state index < -0.39 is 0 Å². The van der Waals surface area contributed by atoms with Gasteiger partial charge in [0.1, 0.15) is 30.0 Å². The summed E-state index contributed by atoms with van der Waals surface area (Å²) in [5.74, 6) is 50.0. The summed E-state index contributed by atoms with van der Waals surface area (Å²) in [5, 5.41) is 9.96. The van der Waals surface area contributed by atoms with Crippen molar-refractivity contribution in [2.24, 2.45) is 0 Å². The second-order valence-electron chi connectivity index (χ2n) is 7.40. The normalized spacial score (nSPS) is 7.07. The molecule has 0 radical (unpaired) electrons. The lowest BCUT2D eigenvalue weighted by molar-refractivity contribution is 0.101. The number of Topliss-reactive ketones (excluding diaryl/α,β-unsaturated/α-hetero) is 1. The van der Waals surface area contributed by atoms with Crippen LogP contribution in [0, 0.1) is 138 Å². The first-order valence-electron chi connectivity index (χ1n) is 11.7. The van der Waals surface area contributed by atoms with E-state index in [0.717, 1.165) is 11.1 Å². The predicted molar refractivity (Wildman–Crippen MR) is 161 cm³/mol. The Hall–Kier alpha value is -7.33. The van der Waals surface area contributed by atoms with Gasteiger partial charge in [-0.1, -0.05) is 6.07 Å². The maximum absolute atomic E-state index is 11.4. The lowest BCUT2D eigenvalue weighted by atomic mass is 10.1. The molecule has 0 aliphatic rings. The van der Waals surface area contributed by atoms with Crippen molar-refractivity contribution in [3.05, 3.63) is 53.1 Å². The van der Waals surface area contributed by atoms with Crippen LogP contribution in [-0.4, -0.2) is 10.9 Å². The summed E-state index contributed by atoms with van der Waals surface area (Å²) in [7, 11) is 0. The molecule has 0 aliphatic carbocycles. The van der Waals surface area contributed by atoms with Crippen LogP contribution in [0.3, 0.4) is 0 Å². The van der Waals surface area contributed by atoms with Gasteiger partial charge in [-0.25, -0.2) is 0 Å². The quantitative estimate of drug-likeness (QED) is 0.470. The molecule has 0 fully saturated rings. The predicted octanol–water partition coefficient (Wildman–Crippen LogP) is 3.49. The third-order valence-electron chi connectivity index (χ3n) is 4.28. The number of hydrogen-bond donors (Lipinski definition) is 1. The summed E-state index contributed by atoms with van der Waals surface area (Å²) in [6, 6.07) is 10.1. The SMILES string of the molecule is C#CC#CC#CC#CC#CC#CC#CC#CC#CC#CC#COc1cc(C)cc(COc2ccc(C(C)=O)c(O)c2)c1. The fraction of sp³-hybridized carbons (Fsp3) is 0.0789. The van der Waals surface area contributed by atoms with E-state index in [-0.39, 0.29) is 23.7 Å². The molecule has 0 saturated carbocycles. The summed E-state index contributed by atoms with van der Waals surface area (Å²) in [6.45, 7) is 3.52. The molecule has 0 amide bonds. The smallest absolute Gasteiger partial charge is 0.163 e. The van der Waals surface area contributed by atoms with Crippen molar-refractivity contribution in [3.8, 4) is 148 Å². The molecule has 0 heterocycles. The first kappa shape index (κ1) is 30.9. The molecule has 2 rings (SSSR count). The molecule has 4 nitrogen and oxygen atoms in total. The highest BCUT2D eigenvalue weighted by Gasteiger charge is 2.08. The Morgan fingerprint density at radius 3 is 1.67 bits per heavy atom. The lowest BCUT2D eigenvalue weighted by Gasteiger charge is -2.10. The number of benzene rings is 2. The molecule has 0 atom stereocenters. The van der Waals surface area contributed by atoms with Crippen LogP contribution in [0.25, 0.3) is 0 Å². The van der Waals surface area contributed by atoms with Crippen LogP contribution < -0.4 is 9.47 Å². The largest absolute Gasteiger partial charge is 0.507 e. The topological polar surface area (TPSA) is 55.8 Å². The van der Waals surface area contributed by atoms with E-state index in [1.165, 1.54) is 19.1 Å². The van der Waals surface area contributed by atoms with Crippen LogP contribution in [0.5, 0.6) is 17.2 Å². The van der Waals surface area contributed by atoms with Gasteiger partial charge in [0, 0.05) is 77.1 Å². The Morgan fingerprint density at radius 2 is 1.19 bits per heavy atom. The Labute approximate surface area is 246 Å². The Balaban J connectivity index is 1.84. The standard InChI is InChI=1S/C38H16O4/c1-4-5-6-7-8-9-10-11-12-13-14-15-16-17-18-19-20-21-22-23-26-41-36-28-32(2)27-34(29-36)31-42-35-24-25-37(33(3)39)38(40)30-35/h1,24-25,27-30,40H,31H2,2-3H3. The molecule has 0 unspecified atom stereocenters. The summed E-state index contributed by atoms with van der Waals surface area (Å²) in [6.07, 6.45) is 7.44. The lowest BCUT2D eigenvalue weighted by Crippen LogP contribution is -1.98. The zero-order valence-electron chi connectivity index (χ0n) is 22.4. The van der Waals surface area contributed by atoms with Crippen LogP contribution >= 0.6 is 0 Å². The number of ketones is 1. The second kappa shape index (κ2) is 18.8. The van der Waals surface area contributed by atoms with E-state index in [4.69, 9.17) is 15.9 Å². The minimum Gasteiger partial charge on any atom is -0.507 e. The number of carbonyl (C=O) groups is 1. The Morgan fingerprint density at radius 1 is 0.690 bits per heavy atom. The van der Waals surface area contributed by atoms with E-state index in [1.807, 2.05) is 19.1 Å². The van der Waals surface area contributed by atoms with Crippen LogP contribution in [0.1, 0.15) is 28.4 Å². The highest BCUT2D eigenvalue weighted by atomic mass is 16.5. The van der Waals surface area contributed by atoms with Gasteiger partial charge in [0.05, 0.1) is 5.56 Å². The van der Waals surface area contributed by atoms with Crippen LogP contribution in [0.2, 0.25) is 0 Å². The average Bonchev–Trinajstić information content (AvgIpc) is 2.96. The van der Waals surface area contributed by atoms with Gasteiger partial charge < -0.3 is 14.6 Å². The van der Waals surface area contributed by atoms with Crippen LogP contribution in [-0.2, 0) is 6.61 Å². The third kappa shape index (κ3) is 13.3. The van der Waals surface area contributed by atoms with Crippen molar-refractivity contribution in [2.75, 3.05) is 0 Å². The Bertz CT molecular complexity index is 2070. The van der Waals surface area contributed by atoms with Gasteiger partial charge in [0.2, 0.25) is 0 Å². The minimum atomic E-state index is -0.225. The number of carbonyl (C=O) groups excluding carboxylic acids is 1. The van der Waals surface area contributed by atoms with Crippen LogP contribution in [0.4, 0.5) is 0 Å². The van der Waals surface area contributed by atoms with Gasteiger partial charge in [-0.15, -0.1) is 6.42 Å². The molecular weight excluding hydrogens is 520 g/mol. The van der Waals surface area contributed by atoms with Gasteiger partial charge in [0.15, 0.2) is 5.78 Å². The molecule has 1 N–H and O–H groups in total.